The molecular weight excluding hydrogens is 338 g/mol. The van der Waals surface area contributed by atoms with Gasteiger partial charge < -0.3 is 0 Å². The molecule has 0 aromatic heterocycles. The number of benzene rings is 2. The Hall–Kier alpha value is -2.61. The zero-order valence-corrected chi connectivity index (χ0v) is 13.1. The van der Waals surface area contributed by atoms with Gasteiger partial charge >= 0.3 is 0 Å². The summed E-state index contributed by atoms with van der Waals surface area (Å²) in [6.45, 7) is 0. The summed E-state index contributed by atoms with van der Waals surface area (Å²) in [6.07, 6.45) is 0. The average Bonchev–Trinajstić information content (AvgIpc) is 3.20. The predicted molar refractivity (Wildman–Crippen MR) is 84.3 cm³/mol. The summed E-state index contributed by atoms with van der Waals surface area (Å²) in [4.78, 5) is 0. The van der Waals surface area contributed by atoms with Gasteiger partial charge in [0.15, 0.2) is 5.41 Å². The van der Waals surface area contributed by atoms with Crippen LogP contribution in [0, 0.1) is 39.4 Å². The van der Waals surface area contributed by atoms with E-state index in [9.17, 15) is 15.8 Å². The molecule has 2 atom stereocenters. The molecule has 2 aromatic rings. The molecule has 0 unspecified atom stereocenters. The zero-order valence-electron chi connectivity index (χ0n) is 11.5. The van der Waals surface area contributed by atoms with Crippen molar-refractivity contribution in [2.45, 2.75) is 11.3 Å². The molecule has 1 aliphatic rings. The maximum atomic E-state index is 9.83. The predicted octanol–water partition coefficient (Wildman–Crippen LogP) is 4.04. The van der Waals surface area contributed by atoms with E-state index >= 15 is 0 Å². The van der Waals surface area contributed by atoms with Crippen molar-refractivity contribution in [3.8, 4) is 18.2 Å². The van der Waals surface area contributed by atoms with Crippen LogP contribution in [0.2, 0.25) is 0 Å². The second-order valence-corrected chi connectivity index (χ2v) is 6.22. The number of halogens is 1. The monoisotopic (exact) mass is 347 g/mol. The van der Waals surface area contributed by atoms with E-state index in [1.165, 1.54) is 0 Å². The Kier molecular flexibility index (Phi) is 3.25. The lowest BCUT2D eigenvalue weighted by Gasteiger charge is -2.09. The van der Waals surface area contributed by atoms with Crippen LogP contribution in [0.5, 0.6) is 0 Å². The van der Waals surface area contributed by atoms with Crippen LogP contribution >= 0.6 is 15.9 Å². The highest BCUT2D eigenvalue weighted by atomic mass is 79.9. The first-order valence-electron chi connectivity index (χ1n) is 6.71. The molecule has 1 fully saturated rings. The van der Waals surface area contributed by atoms with Gasteiger partial charge in [-0.1, -0.05) is 58.4 Å². The smallest absolute Gasteiger partial charge is 0.175 e. The Labute approximate surface area is 137 Å². The van der Waals surface area contributed by atoms with Crippen molar-refractivity contribution in [2.75, 3.05) is 0 Å². The van der Waals surface area contributed by atoms with Gasteiger partial charge in [0, 0.05) is 10.4 Å². The van der Waals surface area contributed by atoms with Crippen molar-refractivity contribution in [3.05, 3.63) is 70.2 Å². The molecule has 0 amide bonds. The van der Waals surface area contributed by atoms with Crippen molar-refractivity contribution >= 4 is 15.9 Å². The van der Waals surface area contributed by atoms with Crippen molar-refractivity contribution in [1.82, 2.24) is 0 Å². The summed E-state index contributed by atoms with van der Waals surface area (Å²) in [5.74, 6) is -0.449. The number of nitriles is 3. The summed E-state index contributed by atoms with van der Waals surface area (Å²) in [7, 11) is 0. The zero-order chi connectivity index (χ0) is 15.8. The van der Waals surface area contributed by atoms with E-state index in [-0.39, 0.29) is 0 Å². The van der Waals surface area contributed by atoms with Gasteiger partial charge in [-0.05, 0) is 23.3 Å². The largest absolute Gasteiger partial charge is 0.197 e. The Morgan fingerprint density at radius 2 is 1.41 bits per heavy atom. The van der Waals surface area contributed by atoms with Crippen LogP contribution in [0.1, 0.15) is 17.0 Å². The minimum Gasteiger partial charge on any atom is -0.197 e. The Bertz CT molecular complexity index is 823. The van der Waals surface area contributed by atoms with Gasteiger partial charge in [-0.3, -0.25) is 0 Å². The molecule has 22 heavy (non-hydrogen) atoms. The molecule has 4 heteroatoms. The molecule has 104 valence electrons. The third kappa shape index (κ3) is 1.64. The van der Waals surface area contributed by atoms with E-state index in [0.29, 0.717) is 5.56 Å². The summed E-state index contributed by atoms with van der Waals surface area (Å²) in [5, 5.41) is 29.1. The first-order chi connectivity index (χ1) is 10.7. The lowest BCUT2D eigenvalue weighted by atomic mass is 9.88. The maximum Gasteiger partial charge on any atom is 0.175 e. The Morgan fingerprint density at radius 1 is 0.818 bits per heavy atom. The molecule has 0 bridgehead atoms. The van der Waals surface area contributed by atoms with Gasteiger partial charge in [-0.15, -0.1) is 0 Å². The van der Waals surface area contributed by atoms with Gasteiger partial charge in [0.2, 0.25) is 0 Å². The lowest BCUT2D eigenvalue weighted by Crippen LogP contribution is -2.14. The molecule has 0 radical (unpaired) electrons. The van der Waals surface area contributed by atoms with E-state index in [1.807, 2.05) is 54.6 Å². The van der Waals surface area contributed by atoms with Gasteiger partial charge in [-0.25, -0.2) is 0 Å². The summed E-state index contributed by atoms with van der Waals surface area (Å²) in [5.41, 5.74) is -0.923. The molecule has 2 aromatic carbocycles. The summed E-state index contributed by atoms with van der Waals surface area (Å²) < 4.78 is 0.915. The summed E-state index contributed by atoms with van der Waals surface area (Å²) >= 11 is 3.37. The molecular formula is C18H10BrN3. The highest BCUT2D eigenvalue weighted by Crippen LogP contribution is 2.73. The fourth-order valence-electron chi connectivity index (χ4n) is 3.27. The number of hydrogen-bond donors (Lipinski definition) is 0. The lowest BCUT2D eigenvalue weighted by molar-refractivity contribution is 0.742. The van der Waals surface area contributed by atoms with Crippen LogP contribution in [0.25, 0.3) is 0 Å². The van der Waals surface area contributed by atoms with E-state index in [2.05, 4.69) is 34.1 Å². The van der Waals surface area contributed by atoms with Crippen LogP contribution in [0.15, 0.2) is 59.1 Å². The average molecular weight is 348 g/mol. The first kappa shape index (κ1) is 14.3. The quantitative estimate of drug-likeness (QED) is 0.822. The van der Waals surface area contributed by atoms with Crippen molar-refractivity contribution in [3.63, 3.8) is 0 Å². The van der Waals surface area contributed by atoms with Crippen LogP contribution < -0.4 is 0 Å². The minimum atomic E-state index is -1.35. The summed E-state index contributed by atoms with van der Waals surface area (Å²) in [6, 6.07) is 23.1. The second-order valence-electron chi connectivity index (χ2n) is 5.30. The Morgan fingerprint density at radius 3 is 1.91 bits per heavy atom. The highest BCUT2D eigenvalue weighted by Gasteiger charge is 2.81. The van der Waals surface area contributed by atoms with Gasteiger partial charge in [0.25, 0.3) is 0 Å². The number of hydrogen-bond acceptors (Lipinski definition) is 3. The maximum absolute atomic E-state index is 9.83. The van der Waals surface area contributed by atoms with Crippen molar-refractivity contribution in [2.24, 2.45) is 5.41 Å². The molecule has 3 nitrogen and oxygen atoms in total. The van der Waals surface area contributed by atoms with E-state index in [0.717, 1.165) is 10.0 Å². The van der Waals surface area contributed by atoms with E-state index in [4.69, 9.17) is 0 Å². The number of rotatable bonds is 2. The number of nitrogens with zero attached hydrogens (tertiary/aromatic N) is 3. The SMILES string of the molecule is N#CC1(C#N)[C@@H](c2ccc(Br)cc2)[C@@]1(C#N)c1ccccc1. The third-order valence-corrected chi connectivity index (χ3v) is 4.89. The molecule has 3 rings (SSSR count). The van der Waals surface area contributed by atoms with Gasteiger partial charge in [-0.2, -0.15) is 15.8 Å². The van der Waals surface area contributed by atoms with Crippen LogP contribution in [-0.4, -0.2) is 0 Å². The molecule has 0 N–H and O–H groups in total. The fourth-order valence-corrected chi connectivity index (χ4v) is 3.54. The van der Waals surface area contributed by atoms with E-state index < -0.39 is 16.7 Å². The standard InChI is InChI=1S/C18H10BrN3/c19-15-8-6-13(7-9-15)16-17(10-20,11-21)18(16,12-22)14-4-2-1-3-5-14/h1-9,16H/t16-,18-/m1/s1. The molecule has 1 saturated carbocycles. The molecule has 0 saturated heterocycles. The Balaban J connectivity index is 2.22. The molecule has 0 heterocycles. The molecule has 0 aliphatic heterocycles. The van der Waals surface area contributed by atoms with Crippen LogP contribution in [-0.2, 0) is 5.41 Å². The van der Waals surface area contributed by atoms with Crippen LogP contribution in [0.3, 0.4) is 0 Å². The second kappa shape index (κ2) is 4.99. The van der Waals surface area contributed by atoms with Crippen molar-refractivity contribution in [1.29, 1.82) is 15.8 Å². The van der Waals surface area contributed by atoms with Crippen LogP contribution in [0.4, 0.5) is 0 Å². The molecule has 0 spiro atoms. The van der Waals surface area contributed by atoms with Crippen molar-refractivity contribution < 1.29 is 0 Å². The van der Waals surface area contributed by atoms with Gasteiger partial charge in [0.05, 0.1) is 18.2 Å². The molecule has 1 aliphatic carbocycles. The highest BCUT2D eigenvalue weighted by molar-refractivity contribution is 9.10. The minimum absolute atomic E-state index is 0.449. The topological polar surface area (TPSA) is 71.4 Å². The first-order valence-corrected chi connectivity index (χ1v) is 7.50. The van der Waals surface area contributed by atoms with Gasteiger partial charge in [0.1, 0.15) is 5.41 Å². The fraction of sp³-hybridized carbons (Fsp3) is 0.167. The normalized spacial score (nSPS) is 24.5. The van der Waals surface area contributed by atoms with E-state index in [1.54, 1.807) is 0 Å². The third-order valence-electron chi connectivity index (χ3n) is 4.37.